The average Bonchev–Trinajstić information content (AvgIpc) is 2.71. The van der Waals surface area contributed by atoms with Crippen LogP contribution in [0.1, 0.15) is 17.0 Å². The molecule has 1 aromatic heterocycles. The average molecular weight is 294 g/mol. The molecule has 108 valence electrons. The Morgan fingerprint density at radius 3 is 2.55 bits per heavy atom. The number of anilines is 1. The number of benzene rings is 1. The molecule has 0 radical (unpaired) electrons. The summed E-state index contributed by atoms with van der Waals surface area (Å²) in [5.74, 6) is 0. The van der Waals surface area contributed by atoms with Gasteiger partial charge < -0.3 is 5.32 Å². The van der Waals surface area contributed by atoms with Gasteiger partial charge in [0.2, 0.25) is 0 Å². The molecular weight excluding hydrogens is 276 g/mol. The van der Waals surface area contributed by atoms with E-state index in [1.54, 1.807) is 39.1 Å². The van der Waals surface area contributed by atoms with Gasteiger partial charge >= 0.3 is 0 Å². The van der Waals surface area contributed by atoms with Crippen LogP contribution in [-0.2, 0) is 16.6 Å². The molecule has 0 amide bonds. The number of rotatable bonds is 5. The summed E-state index contributed by atoms with van der Waals surface area (Å²) in [7, 11) is -1.85. The van der Waals surface area contributed by atoms with Crippen LogP contribution in [0.2, 0.25) is 0 Å². The Hall–Kier alpha value is -1.86. The summed E-state index contributed by atoms with van der Waals surface area (Å²) >= 11 is 0. The molecule has 0 bridgehead atoms. The van der Waals surface area contributed by atoms with E-state index in [2.05, 4.69) is 20.2 Å². The highest BCUT2D eigenvalue weighted by molar-refractivity contribution is 7.92. The molecule has 2 rings (SSSR count). The molecule has 20 heavy (non-hydrogen) atoms. The molecular formula is C13H18N4O2S. The fourth-order valence-electron chi connectivity index (χ4n) is 1.99. The normalized spacial score (nSPS) is 11.6. The van der Waals surface area contributed by atoms with Crippen molar-refractivity contribution in [3.63, 3.8) is 0 Å². The van der Waals surface area contributed by atoms with Gasteiger partial charge in [-0.1, -0.05) is 18.2 Å². The van der Waals surface area contributed by atoms with E-state index in [0.29, 0.717) is 23.6 Å². The Bertz CT molecular complexity index is 687. The first kappa shape index (κ1) is 14.5. The van der Waals surface area contributed by atoms with Crippen LogP contribution in [0.25, 0.3) is 0 Å². The van der Waals surface area contributed by atoms with Crippen molar-refractivity contribution in [2.75, 3.05) is 11.8 Å². The molecule has 0 spiro atoms. The van der Waals surface area contributed by atoms with Crippen LogP contribution in [0.15, 0.2) is 29.2 Å². The van der Waals surface area contributed by atoms with Gasteiger partial charge in [-0.2, -0.15) is 5.10 Å². The van der Waals surface area contributed by atoms with E-state index < -0.39 is 10.0 Å². The summed E-state index contributed by atoms with van der Waals surface area (Å²) in [6.45, 7) is 4.01. The lowest BCUT2D eigenvalue weighted by atomic mass is 10.2. The van der Waals surface area contributed by atoms with Gasteiger partial charge in [-0.3, -0.25) is 9.82 Å². The molecule has 1 aromatic carbocycles. The predicted molar refractivity (Wildman–Crippen MR) is 78.1 cm³/mol. The SMILES string of the molecule is CNCc1ccccc1S(=O)(=O)Nc1c(C)n[nH]c1C. The van der Waals surface area contributed by atoms with Crippen molar-refractivity contribution in [1.29, 1.82) is 0 Å². The minimum absolute atomic E-state index is 0.273. The first-order valence-electron chi connectivity index (χ1n) is 6.22. The van der Waals surface area contributed by atoms with Crippen LogP contribution in [-0.4, -0.2) is 25.7 Å². The maximum atomic E-state index is 12.5. The first-order valence-corrected chi connectivity index (χ1v) is 7.71. The number of H-pyrrole nitrogens is 1. The van der Waals surface area contributed by atoms with Gasteiger partial charge in [0.05, 0.1) is 22.0 Å². The number of aromatic nitrogens is 2. The molecule has 0 unspecified atom stereocenters. The summed E-state index contributed by atoms with van der Waals surface area (Å²) in [6.07, 6.45) is 0. The lowest BCUT2D eigenvalue weighted by Crippen LogP contribution is -2.18. The van der Waals surface area contributed by atoms with E-state index >= 15 is 0 Å². The minimum atomic E-state index is -3.63. The molecule has 0 aliphatic rings. The topological polar surface area (TPSA) is 86.9 Å². The molecule has 2 aromatic rings. The van der Waals surface area contributed by atoms with Crippen molar-refractivity contribution in [3.8, 4) is 0 Å². The number of hydrogen-bond donors (Lipinski definition) is 3. The Balaban J connectivity index is 2.41. The van der Waals surface area contributed by atoms with E-state index in [1.807, 2.05) is 6.07 Å². The van der Waals surface area contributed by atoms with Gasteiger partial charge in [-0.05, 0) is 32.5 Å². The van der Waals surface area contributed by atoms with Crippen LogP contribution in [0.4, 0.5) is 5.69 Å². The Morgan fingerprint density at radius 1 is 1.25 bits per heavy atom. The Morgan fingerprint density at radius 2 is 1.95 bits per heavy atom. The van der Waals surface area contributed by atoms with E-state index in [1.165, 1.54) is 0 Å². The second kappa shape index (κ2) is 5.64. The van der Waals surface area contributed by atoms with Crippen LogP contribution in [0.5, 0.6) is 0 Å². The summed E-state index contributed by atoms with van der Waals surface area (Å²) in [5.41, 5.74) is 2.54. The quantitative estimate of drug-likeness (QED) is 0.781. The lowest BCUT2D eigenvalue weighted by molar-refractivity contribution is 0.599. The van der Waals surface area contributed by atoms with Gasteiger partial charge in [0.25, 0.3) is 10.0 Å². The van der Waals surface area contributed by atoms with Crippen LogP contribution in [0, 0.1) is 13.8 Å². The molecule has 6 nitrogen and oxygen atoms in total. The van der Waals surface area contributed by atoms with Crippen molar-refractivity contribution < 1.29 is 8.42 Å². The standard InChI is InChI=1S/C13H18N4O2S/c1-9-13(10(2)16-15-9)17-20(18,19)12-7-5-4-6-11(12)8-14-3/h4-7,14,17H,8H2,1-3H3,(H,15,16). The van der Waals surface area contributed by atoms with Crippen molar-refractivity contribution in [3.05, 3.63) is 41.2 Å². The van der Waals surface area contributed by atoms with Gasteiger partial charge in [0.15, 0.2) is 0 Å². The molecule has 0 atom stereocenters. The largest absolute Gasteiger partial charge is 0.316 e. The highest BCUT2D eigenvalue weighted by Gasteiger charge is 2.20. The molecule has 0 fully saturated rings. The highest BCUT2D eigenvalue weighted by atomic mass is 32.2. The van der Waals surface area contributed by atoms with Crippen molar-refractivity contribution in [2.45, 2.75) is 25.3 Å². The van der Waals surface area contributed by atoms with Crippen LogP contribution in [0.3, 0.4) is 0 Å². The fourth-order valence-corrected chi connectivity index (χ4v) is 3.42. The number of nitrogens with one attached hydrogen (secondary N) is 3. The Kier molecular flexibility index (Phi) is 4.10. The van der Waals surface area contributed by atoms with E-state index in [9.17, 15) is 8.42 Å². The van der Waals surface area contributed by atoms with Crippen molar-refractivity contribution >= 4 is 15.7 Å². The zero-order valence-corrected chi connectivity index (χ0v) is 12.5. The monoisotopic (exact) mass is 294 g/mol. The molecule has 0 aliphatic carbocycles. The minimum Gasteiger partial charge on any atom is -0.316 e. The van der Waals surface area contributed by atoms with Gasteiger partial charge in [-0.15, -0.1) is 0 Å². The number of aromatic amines is 1. The third-order valence-electron chi connectivity index (χ3n) is 2.99. The Labute approximate surface area is 118 Å². The van der Waals surface area contributed by atoms with Crippen LogP contribution < -0.4 is 10.0 Å². The zero-order chi connectivity index (χ0) is 14.8. The number of aryl methyl sites for hydroxylation is 2. The number of hydrogen-bond acceptors (Lipinski definition) is 4. The lowest BCUT2D eigenvalue weighted by Gasteiger charge is -2.12. The summed E-state index contributed by atoms with van der Waals surface area (Å²) in [5, 5.41) is 9.72. The molecule has 0 saturated heterocycles. The third kappa shape index (κ3) is 2.83. The second-order valence-electron chi connectivity index (χ2n) is 4.55. The summed E-state index contributed by atoms with van der Waals surface area (Å²) in [6, 6.07) is 6.92. The summed E-state index contributed by atoms with van der Waals surface area (Å²) < 4.78 is 27.6. The first-order chi connectivity index (χ1) is 9.45. The zero-order valence-electron chi connectivity index (χ0n) is 11.7. The number of sulfonamides is 1. The second-order valence-corrected chi connectivity index (χ2v) is 6.20. The summed E-state index contributed by atoms with van der Waals surface area (Å²) in [4.78, 5) is 0.273. The van der Waals surface area contributed by atoms with Crippen molar-refractivity contribution in [1.82, 2.24) is 15.5 Å². The van der Waals surface area contributed by atoms with Gasteiger partial charge in [0.1, 0.15) is 0 Å². The molecule has 1 heterocycles. The maximum Gasteiger partial charge on any atom is 0.262 e. The van der Waals surface area contributed by atoms with Gasteiger partial charge in [0, 0.05) is 6.54 Å². The number of nitrogens with zero attached hydrogens (tertiary/aromatic N) is 1. The van der Waals surface area contributed by atoms with Crippen LogP contribution >= 0.6 is 0 Å². The molecule has 0 saturated carbocycles. The molecule has 3 N–H and O–H groups in total. The highest BCUT2D eigenvalue weighted by Crippen LogP contribution is 2.23. The molecule has 0 aliphatic heterocycles. The predicted octanol–water partition coefficient (Wildman–Crippen LogP) is 1.55. The van der Waals surface area contributed by atoms with Crippen molar-refractivity contribution in [2.24, 2.45) is 0 Å². The fraction of sp³-hybridized carbons (Fsp3) is 0.308. The maximum absolute atomic E-state index is 12.5. The van der Waals surface area contributed by atoms with E-state index in [-0.39, 0.29) is 4.90 Å². The third-order valence-corrected chi connectivity index (χ3v) is 4.44. The van der Waals surface area contributed by atoms with E-state index in [0.717, 1.165) is 5.56 Å². The smallest absolute Gasteiger partial charge is 0.262 e. The van der Waals surface area contributed by atoms with E-state index in [4.69, 9.17) is 0 Å². The molecule has 7 heteroatoms. The van der Waals surface area contributed by atoms with Gasteiger partial charge in [-0.25, -0.2) is 8.42 Å².